The number of nitrogens with zero attached hydrogens (tertiary/aromatic N) is 1. The number of rotatable bonds is 3. The van der Waals surface area contributed by atoms with Gasteiger partial charge in [-0.15, -0.1) is 11.8 Å². The predicted octanol–water partition coefficient (Wildman–Crippen LogP) is 3.27. The highest BCUT2D eigenvalue weighted by Gasteiger charge is 2.16. The maximum absolute atomic E-state index is 5.75. The minimum absolute atomic E-state index is 0.600. The fourth-order valence-corrected chi connectivity index (χ4v) is 3.54. The van der Waals surface area contributed by atoms with Gasteiger partial charge in [-0.25, -0.2) is 4.98 Å². The first-order valence-electron chi connectivity index (χ1n) is 6.13. The van der Waals surface area contributed by atoms with Gasteiger partial charge in [-0.2, -0.15) is 0 Å². The molecule has 0 saturated heterocycles. The van der Waals surface area contributed by atoms with E-state index in [9.17, 15) is 0 Å². The van der Waals surface area contributed by atoms with Crippen molar-refractivity contribution in [1.82, 2.24) is 4.98 Å². The molecule has 0 aliphatic heterocycles. The predicted molar refractivity (Wildman–Crippen MR) is 69.6 cm³/mol. The molecule has 1 saturated carbocycles. The Morgan fingerprint density at radius 3 is 2.75 bits per heavy atom. The normalized spacial score (nSPS) is 17.6. The van der Waals surface area contributed by atoms with Crippen molar-refractivity contribution in [3.8, 4) is 0 Å². The number of thioether (sulfide) groups is 1. The molecule has 2 N–H and O–H groups in total. The maximum Gasteiger partial charge on any atom is 0.101 e. The third-order valence-electron chi connectivity index (χ3n) is 3.13. The van der Waals surface area contributed by atoms with Crippen LogP contribution in [0.3, 0.4) is 0 Å². The van der Waals surface area contributed by atoms with E-state index >= 15 is 0 Å². The highest BCUT2D eigenvalue weighted by Crippen LogP contribution is 2.34. The first-order chi connectivity index (χ1) is 7.79. The van der Waals surface area contributed by atoms with E-state index in [4.69, 9.17) is 5.73 Å². The van der Waals surface area contributed by atoms with Crippen LogP contribution in [0.4, 0.5) is 0 Å². The minimum Gasteiger partial charge on any atom is -0.326 e. The smallest absolute Gasteiger partial charge is 0.101 e. The Bertz CT molecular complexity index is 346. The highest BCUT2D eigenvalue weighted by atomic mass is 32.2. The molecule has 0 amide bonds. The molecule has 0 unspecified atom stereocenters. The molecular weight excluding hydrogens is 216 g/mol. The van der Waals surface area contributed by atoms with E-state index in [1.165, 1.54) is 37.7 Å². The van der Waals surface area contributed by atoms with E-state index in [0.717, 1.165) is 16.0 Å². The highest BCUT2D eigenvalue weighted by molar-refractivity contribution is 7.99. The molecule has 3 heteroatoms. The number of hydrogen-bond acceptors (Lipinski definition) is 3. The zero-order chi connectivity index (χ0) is 11.4. The van der Waals surface area contributed by atoms with Gasteiger partial charge in [-0.05, 0) is 31.4 Å². The Morgan fingerprint density at radius 1 is 1.31 bits per heavy atom. The molecule has 1 aliphatic carbocycles. The molecule has 88 valence electrons. The average Bonchev–Trinajstić information content (AvgIpc) is 2.31. The molecule has 1 aromatic rings. The molecule has 2 rings (SSSR count). The van der Waals surface area contributed by atoms with Gasteiger partial charge in [0.1, 0.15) is 5.03 Å². The largest absolute Gasteiger partial charge is 0.326 e. The van der Waals surface area contributed by atoms with Crippen LogP contribution in [0.1, 0.15) is 43.4 Å². The molecule has 16 heavy (non-hydrogen) atoms. The fraction of sp³-hybridized carbons (Fsp3) is 0.615. The molecule has 0 radical (unpaired) electrons. The fourth-order valence-electron chi connectivity index (χ4n) is 2.16. The number of nitrogens with two attached hydrogens (primary N) is 1. The average molecular weight is 236 g/mol. The Hall–Kier alpha value is -0.540. The lowest BCUT2D eigenvalue weighted by atomic mass is 10.0. The molecule has 0 atom stereocenters. The number of aromatic nitrogens is 1. The van der Waals surface area contributed by atoms with E-state index < -0.39 is 0 Å². The summed E-state index contributed by atoms with van der Waals surface area (Å²) in [7, 11) is 0. The first kappa shape index (κ1) is 11.9. The summed E-state index contributed by atoms with van der Waals surface area (Å²) in [5.41, 5.74) is 8.04. The molecule has 2 nitrogen and oxygen atoms in total. The van der Waals surface area contributed by atoms with Gasteiger partial charge in [-0.3, -0.25) is 0 Å². The van der Waals surface area contributed by atoms with Crippen molar-refractivity contribution in [2.75, 3.05) is 0 Å². The SMILES string of the molecule is Cc1ccc(CN)c(SC2CCCCC2)n1. The Kier molecular flexibility index (Phi) is 4.24. The van der Waals surface area contributed by atoms with Gasteiger partial charge in [0.05, 0.1) is 0 Å². The van der Waals surface area contributed by atoms with Crippen LogP contribution in [0.2, 0.25) is 0 Å². The monoisotopic (exact) mass is 236 g/mol. The van der Waals surface area contributed by atoms with Crippen LogP contribution < -0.4 is 5.73 Å². The van der Waals surface area contributed by atoms with Gasteiger partial charge in [0.2, 0.25) is 0 Å². The first-order valence-corrected chi connectivity index (χ1v) is 7.01. The molecule has 0 bridgehead atoms. The summed E-state index contributed by atoms with van der Waals surface area (Å²) in [5.74, 6) is 0. The quantitative estimate of drug-likeness (QED) is 0.875. The van der Waals surface area contributed by atoms with Gasteiger partial charge in [0, 0.05) is 17.5 Å². The second kappa shape index (κ2) is 5.69. The third kappa shape index (κ3) is 2.98. The zero-order valence-electron chi connectivity index (χ0n) is 9.91. The number of pyridine rings is 1. The number of aryl methyl sites for hydroxylation is 1. The summed E-state index contributed by atoms with van der Waals surface area (Å²) in [5, 5.41) is 1.92. The van der Waals surface area contributed by atoms with Gasteiger partial charge in [0.15, 0.2) is 0 Å². The summed E-state index contributed by atoms with van der Waals surface area (Å²) < 4.78 is 0. The van der Waals surface area contributed by atoms with Crippen molar-refractivity contribution in [2.24, 2.45) is 5.73 Å². The molecule has 1 fully saturated rings. The standard InChI is InChI=1S/C13H20N2S/c1-10-7-8-11(9-14)13(15-10)16-12-5-3-2-4-6-12/h7-8,12H,2-6,9,14H2,1H3. The summed E-state index contributed by atoms with van der Waals surface area (Å²) >= 11 is 1.94. The van der Waals surface area contributed by atoms with Crippen molar-refractivity contribution >= 4 is 11.8 Å². The van der Waals surface area contributed by atoms with Crippen LogP contribution >= 0.6 is 11.8 Å². The minimum atomic E-state index is 0.600. The van der Waals surface area contributed by atoms with Gasteiger partial charge < -0.3 is 5.73 Å². The lowest BCUT2D eigenvalue weighted by Crippen LogP contribution is -2.10. The zero-order valence-corrected chi connectivity index (χ0v) is 10.7. The van der Waals surface area contributed by atoms with Gasteiger partial charge >= 0.3 is 0 Å². The third-order valence-corrected chi connectivity index (χ3v) is 4.51. The van der Waals surface area contributed by atoms with E-state index in [2.05, 4.69) is 11.1 Å². The Balaban J connectivity index is 2.09. The van der Waals surface area contributed by atoms with Crippen LogP contribution in [0, 0.1) is 6.92 Å². The topological polar surface area (TPSA) is 38.9 Å². The van der Waals surface area contributed by atoms with Crippen molar-refractivity contribution in [3.05, 3.63) is 23.4 Å². The van der Waals surface area contributed by atoms with Crippen molar-refractivity contribution < 1.29 is 0 Å². The molecule has 0 aromatic carbocycles. The van der Waals surface area contributed by atoms with E-state index in [-0.39, 0.29) is 0 Å². The summed E-state index contributed by atoms with van der Waals surface area (Å²) in [4.78, 5) is 4.62. The van der Waals surface area contributed by atoms with Crippen molar-refractivity contribution in [1.29, 1.82) is 0 Å². The second-order valence-corrected chi connectivity index (χ2v) is 5.79. The van der Waals surface area contributed by atoms with Gasteiger partial charge in [-0.1, -0.05) is 25.3 Å². The van der Waals surface area contributed by atoms with Crippen LogP contribution in [-0.2, 0) is 6.54 Å². The second-order valence-electron chi connectivity index (χ2n) is 4.50. The van der Waals surface area contributed by atoms with E-state index in [0.29, 0.717) is 6.54 Å². The van der Waals surface area contributed by atoms with Crippen LogP contribution in [0.5, 0.6) is 0 Å². The van der Waals surface area contributed by atoms with E-state index in [1.54, 1.807) is 0 Å². The van der Waals surface area contributed by atoms with E-state index in [1.807, 2.05) is 24.8 Å². The summed E-state index contributed by atoms with van der Waals surface area (Å²) in [6.45, 7) is 2.65. The molecule has 0 spiro atoms. The molecule has 1 heterocycles. The van der Waals surface area contributed by atoms with Crippen LogP contribution in [0.15, 0.2) is 17.2 Å². The lowest BCUT2D eigenvalue weighted by molar-refractivity contribution is 0.515. The summed E-state index contributed by atoms with van der Waals surface area (Å²) in [6, 6.07) is 4.17. The number of hydrogen-bond donors (Lipinski definition) is 1. The summed E-state index contributed by atoms with van der Waals surface area (Å²) in [6.07, 6.45) is 6.83. The van der Waals surface area contributed by atoms with Gasteiger partial charge in [0.25, 0.3) is 0 Å². The Morgan fingerprint density at radius 2 is 2.06 bits per heavy atom. The lowest BCUT2D eigenvalue weighted by Gasteiger charge is -2.21. The van der Waals surface area contributed by atoms with Crippen LogP contribution in [0.25, 0.3) is 0 Å². The maximum atomic E-state index is 5.75. The molecule has 1 aromatic heterocycles. The van der Waals surface area contributed by atoms with Crippen LogP contribution in [-0.4, -0.2) is 10.2 Å². The molecular formula is C13H20N2S. The van der Waals surface area contributed by atoms with Crippen molar-refractivity contribution in [3.63, 3.8) is 0 Å². The molecule has 1 aliphatic rings. The Labute approximate surface area is 102 Å². The van der Waals surface area contributed by atoms with Crippen molar-refractivity contribution in [2.45, 2.75) is 55.8 Å².